The Labute approximate surface area is 85.7 Å². The summed E-state index contributed by atoms with van der Waals surface area (Å²) in [6.45, 7) is 0. The lowest BCUT2D eigenvalue weighted by atomic mass is 10.1. The van der Waals surface area contributed by atoms with Gasteiger partial charge in [0.2, 0.25) is 0 Å². The minimum absolute atomic E-state index is 0.293. The second-order valence-corrected chi connectivity index (χ2v) is 4.13. The first-order chi connectivity index (χ1) is 6.70. The third-order valence-corrected chi connectivity index (χ3v) is 3.16. The van der Waals surface area contributed by atoms with Crippen molar-refractivity contribution in [1.82, 2.24) is 0 Å². The summed E-state index contributed by atoms with van der Waals surface area (Å²) in [5.74, 6) is -0.935. The topological polar surface area (TPSA) is 63.3 Å². The van der Waals surface area contributed by atoms with Crippen LogP contribution in [0.3, 0.4) is 0 Å². The van der Waals surface area contributed by atoms with E-state index in [-0.39, 0.29) is 0 Å². The van der Waals surface area contributed by atoms with Crippen LogP contribution >= 0.6 is 11.8 Å². The van der Waals surface area contributed by atoms with E-state index >= 15 is 0 Å². The Hall–Kier alpha value is -1.26. The van der Waals surface area contributed by atoms with Gasteiger partial charge in [0.25, 0.3) is 0 Å². The molecule has 3 N–H and O–H groups in total. The number of fused-ring (bicyclic) bond motifs is 1. The fraction of sp³-hybridized carbons (Fsp3) is 0.100. The highest BCUT2D eigenvalue weighted by atomic mass is 32.2. The van der Waals surface area contributed by atoms with E-state index < -0.39 is 11.3 Å². The summed E-state index contributed by atoms with van der Waals surface area (Å²) in [6, 6.07) is 0. The maximum absolute atomic E-state index is 10.9. The molecule has 4 heteroatoms. The van der Waals surface area contributed by atoms with Gasteiger partial charge in [-0.1, -0.05) is 24.3 Å². The molecular formula is C10H9NO2S. The molecule has 0 saturated carbocycles. The van der Waals surface area contributed by atoms with E-state index in [0.29, 0.717) is 5.57 Å². The average molecular weight is 207 g/mol. The Kier molecular flexibility index (Phi) is 2.31. The third kappa shape index (κ3) is 1.42. The highest BCUT2D eigenvalue weighted by Gasteiger charge is 2.30. The van der Waals surface area contributed by atoms with Crippen molar-refractivity contribution in [2.45, 2.75) is 5.37 Å². The van der Waals surface area contributed by atoms with Crippen LogP contribution in [0.15, 0.2) is 46.4 Å². The normalized spacial score (nSPS) is 24.6. The number of carbonyl (C=O) groups is 1. The van der Waals surface area contributed by atoms with Gasteiger partial charge in [0.1, 0.15) is 0 Å². The van der Waals surface area contributed by atoms with Gasteiger partial charge in [-0.3, -0.25) is 0 Å². The first-order valence-corrected chi connectivity index (χ1v) is 5.03. The standard InChI is InChI=1S/C10H9NO2S/c11-9-8(10(12)13)6-4-2-1-3-5-7(6)14-9/h1-5,9H,11H2,(H,12,13). The van der Waals surface area contributed by atoms with Gasteiger partial charge >= 0.3 is 5.97 Å². The highest BCUT2D eigenvalue weighted by Crippen LogP contribution is 2.41. The molecule has 0 aromatic rings. The smallest absolute Gasteiger partial charge is 0.334 e. The lowest BCUT2D eigenvalue weighted by Gasteiger charge is -2.01. The van der Waals surface area contributed by atoms with Gasteiger partial charge in [-0.25, -0.2) is 4.79 Å². The summed E-state index contributed by atoms with van der Waals surface area (Å²) in [4.78, 5) is 11.9. The van der Waals surface area contributed by atoms with E-state index in [9.17, 15) is 4.79 Å². The second kappa shape index (κ2) is 3.48. The minimum Gasteiger partial charge on any atom is -0.478 e. The van der Waals surface area contributed by atoms with Crippen LogP contribution in [0.2, 0.25) is 0 Å². The van der Waals surface area contributed by atoms with E-state index in [4.69, 9.17) is 10.8 Å². The summed E-state index contributed by atoms with van der Waals surface area (Å²) in [5.41, 5.74) is 6.74. The number of carboxylic acid groups (broad SMARTS) is 1. The maximum atomic E-state index is 10.9. The Balaban J connectivity index is 2.54. The lowest BCUT2D eigenvalue weighted by Crippen LogP contribution is -2.21. The zero-order valence-corrected chi connectivity index (χ0v) is 8.12. The zero-order valence-electron chi connectivity index (χ0n) is 7.31. The molecule has 0 aromatic carbocycles. The quantitative estimate of drug-likeness (QED) is 0.682. The fourth-order valence-corrected chi connectivity index (χ4v) is 2.52. The zero-order chi connectivity index (χ0) is 10.1. The SMILES string of the molecule is NC1SC2=CC=CC=CC2=C1C(=O)O. The lowest BCUT2D eigenvalue weighted by molar-refractivity contribution is -0.132. The van der Waals surface area contributed by atoms with Crippen molar-refractivity contribution >= 4 is 17.7 Å². The van der Waals surface area contributed by atoms with Gasteiger partial charge in [-0.2, -0.15) is 0 Å². The molecule has 0 amide bonds. The molecular weight excluding hydrogens is 198 g/mol. The van der Waals surface area contributed by atoms with Crippen LogP contribution in [-0.2, 0) is 4.79 Å². The van der Waals surface area contributed by atoms with Crippen LogP contribution in [-0.4, -0.2) is 16.4 Å². The molecule has 0 spiro atoms. The van der Waals surface area contributed by atoms with Gasteiger partial charge in [0.15, 0.2) is 0 Å². The number of rotatable bonds is 1. The monoisotopic (exact) mass is 207 g/mol. The van der Waals surface area contributed by atoms with Gasteiger partial charge in [0.05, 0.1) is 10.9 Å². The summed E-state index contributed by atoms with van der Waals surface area (Å²) >= 11 is 1.38. The van der Waals surface area contributed by atoms with Crippen molar-refractivity contribution in [3.8, 4) is 0 Å². The van der Waals surface area contributed by atoms with E-state index in [2.05, 4.69) is 0 Å². The maximum Gasteiger partial charge on any atom is 0.334 e. The summed E-state index contributed by atoms with van der Waals surface area (Å²) in [7, 11) is 0. The molecule has 1 aliphatic carbocycles. The van der Waals surface area contributed by atoms with Gasteiger partial charge in [-0.15, -0.1) is 11.8 Å². The number of hydrogen-bond acceptors (Lipinski definition) is 3. The van der Waals surface area contributed by atoms with Crippen LogP contribution in [0.25, 0.3) is 0 Å². The van der Waals surface area contributed by atoms with Gasteiger partial charge < -0.3 is 10.8 Å². The van der Waals surface area contributed by atoms with Crippen LogP contribution in [0.5, 0.6) is 0 Å². The van der Waals surface area contributed by atoms with E-state index in [1.54, 1.807) is 6.08 Å². The van der Waals surface area contributed by atoms with Crippen LogP contribution < -0.4 is 5.73 Å². The Morgan fingerprint density at radius 1 is 1.43 bits per heavy atom. The molecule has 1 atom stereocenters. The summed E-state index contributed by atoms with van der Waals surface area (Å²) in [5, 5.41) is 8.53. The third-order valence-electron chi connectivity index (χ3n) is 2.06. The Morgan fingerprint density at radius 3 is 2.93 bits per heavy atom. The molecule has 1 heterocycles. The summed E-state index contributed by atoms with van der Waals surface area (Å²) < 4.78 is 0. The van der Waals surface area contributed by atoms with Crippen molar-refractivity contribution in [3.05, 3.63) is 46.4 Å². The molecule has 3 nitrogen and oxygen atoms in total. The largest absolute Gasteiger partial charge is 0.478 e. The molecule has 2 rings (SSSR count). The predicted octanol–water partition coefficient (Wildman–Crippen LogP) is 1.41. The average Bonchev–Trinajstić information content (AvgIpc) is 2.31. The predicted molar refractivity (Wildman–Crippen MR) is 56.6 cm³/mol. The van der Waals surface area contributed by atoms with Crippen molar-refractivity contribution in [2.75, 3.05) is 0 Å². The van der Waals surface area contributed by atoms with Crippen molar-refractivity contribution in [3.63, 3.8) is 0 Å². The molecule has 0 radical (unpaired) electrons. The number of allylic oxidation sites excluding steroid dienone is 6. The van der Waals surface area contributed by atoms with Gasteiger partial charge in [0, 0.05) is 10.5 Å². The highest BCUT2D eigenvalue weighted by molar-refractivity contribution is 8.04. The molecule has 72 valence electrons. The molecule has 0 bridgehead atoms. The van der Waals surface area contributed by atoms with E-state index in [1.165, 1.54) is 11.8 Å². The van der Waals surface area contributed by atoms with E-state index in [1.807, 2.05) is 24.3 Å². The second-order valence-electron chi connectivity index (χ2n) is 2.95. The molecule has 0 saturated heterocycles. The number of nitrogens with two attached hydrogens (primary N) is 1. The fourth-order valence-electron chi connectivity index (χ4n) is 1.44. The van der Waals surface area contributed by atoms with E-state index in [0.717, 1.165) is 10.5 Å². The molecule has 2 aliphatic rings. The molecule has 1 unspecified atom stereocenters. The minimum atomic E-state index is -0.935. The molecule has 0 aromatic heterocycles. The first kappa shape index (κ1) is 9.30. The van der Waals surface area contributed by atoms with Crippen molar-refractivity contribution in [2.24, 2.45) is 5.73 Å². The number of hydrogen-bond donors (Lipinski definition) is 2. The van der Waals surface area contributed by atoms with Crippen molar-refractivity contribution in [1.29, 1.82) is 0 Å². The van der Waals surface area contributed by atoms with Crippen LogP contribution in [0.4, 0.5) is 0 Å². The number of thioether (sulfide) groups is 1. The number of aliphatic carboxylic acids is 1. The first-order valence-electron chi connectivity index (χ1n) is 4.15. The molecule has 0 fully saturated rings. The molecule has 1 aliphatic heterocycles. The Bertz CT molecular complexity index is 404. The van der Waals surface area contributed by atoms with Crippen LogP contribution in [0.1, 0.15) is 0 Å². The van der Waals surface area contributed by atoms with Crippen LogP contribution in [0, 0.1) is 0 Å². The van der Waals surface area contributed by atoms with Gasteiger partial charge in [-0.05, 0) is 6.08 Å². The van der Waals surface area contributed by atoms with Crippen molar-refractivity contribution < 1.29 is 9.90 Å². The number of carboxylic acids is 1. The molecule has 14 heavy (non-hydrogen) atoms. The Morgan fingerprint density at radius 2 is 2.21 bits per heavy atom. The summed E-state index contributed by atoms with van der Waals surface area (Å²) in [6.07, 6.45) is 9.24.